The second-order valence-electron chi connectivity index (χ2n) is 6.74. The number of rotatable bonds is 6. The highest BCUT2D eigenvalue weighted by Crippen LogP contribution is 2.18. The van der Waals surface area contributed by atoms with Gasteiger partial charge < -0.3 is 11.1 Å². The lowest BCUT2D eigenvalue weighted by Gasteiger charge is -2.33. The third-order valence-corrected chi connectivity index (χ3v) is 4.44. The molecule has 1 unspecified atom stereocenters. The van der Waals surface area contributed by atoms with Crippen LogP contribution >= 0.6 is 0 Å². The maximum absolute atomic E-state index is 11.9. The topological polar surface area (TPSA) is 58.4 Å². The molecule has 2 atom stereocenters. The van der Waals surface area contributed by atoms with Crippen molar-refractivity contribution in [3.05, 3.63) is 35.9 Å². The second-order valence-corrected chi connectivity index (χ2v) is 6.74. The summed E-state index contributed by atoms with van der Waals surface area (Å²) in [5.41, 5.74) is 7.24. The van der Waals surface area contributed by atoms with E-state index < -0.39 is 6.04 Å². The van der Waals surface area contributed by atoms with Crippen LogP contribution in [0.1, 0.15) is 32.3 Å². The van der Waals surface area contributed by atoms with Crippen molar-refractivity contribution >= 4 is 5.91 Å². The standard InChI is InChI=1S/C18H29N3O/c1-14(2)17(19)18(22)20-11-16-9-6-10-21(13-16)12-15-7-4-3-5-8-15/h3-5,7-8,14,16-17H,6,9-13,19H2,1-2H3,(H,20,22)/t16?,17-/m0/s1. The molecule has 122 valence electrons. The third-order valence-electron chi connectivity index (χ3n) is 4.44. The highest BCUT2D eigenvalue weighted by atomic mass is 16.2. The zero-order valence-corrected chi connectivity index (χ0v) is 13.8. The lowest BCUT2D eigenvalue weighted by atomic mass is 9.97. The number of carbonyl (C=O) groups excluding carboxylic acids is 1. The molecule has 1 aromatic rings. The van der Waals surface area contributed by atoms with Gasteiger partial charge in [0.1, 0.15) is 0 Å². The molecule has 1 amide bonds. The van der Waals surface area contributed by atoms with Crippen molar-refractivity contribution in [3.63, 3.8) is 0 Å². The first-order chi connectivity index (χ1) is 10.6. The molecule has 0 aromatic heterocycles. The van der Waals surface area contributed by atoms with Gasteiger partial charge in [0, 0.05) is 19.6 Å². The van der Waals surface area contributed by atoms with Crippen LogP contribution in [0.4, 0.5) is 0 Å². The van der Waals surface area contributed by atoms with Gasteiger partial charge in [-0.2, -0.15) is 0 Å². The molecular weight excluding hydrogens is 274 g/mol. The maximum atomic E-state index is 11.9. The number of likely N-dealkylation sites (tertiary alicyclic amines) is 1. The SMILES string of the molecule is CC(C)[C@H](N)C(=O)NCC1CCCN(Cc2ccccc2)C1. The molecule has 4 heteroatoms. The Morgan fingerprint density at radius 3 is 2.77 bits per heavy atom. The second kappa shape index (κ2) is 8.30. The predicted octanol–water partition coefficient (Wildman–Crippen LogP) is 2.00. The van der Waals surface area contributed by atoms with Gasteiger partial charge in [-0.05, 0) is 36.8 Å². The van der Waals surface area contributed by atoms with Gasteiger partial charge in [-0.1, -0.05) is 44.2 Å². The first kappa shape index (κ1) is 17.0. The monoisotopic (exact) mass is 303 g/mol. The van der Waals surface area contributed by atoms with E-state index in [9.17, 15) is 4.79 Å². The van der Waals surface area contributed by atoms with Crippen LogP contribution in [0.15, 0.2) is 30.3 Å². The summed E-state index contributed by atoms with van der Waals surface area (Å²) < 4.78 is 0. The van der Waals surface area contributed by atoms with E-state index in [1.165, 1.54) is 18.4 Å². The van der Waals surface area contributed by atoms with Crippen LogP contribution in [0.2, 0.25) is 0 Å². The van der Waals surface area contributed by atoms with Crippen molar-refractivity contribution in [1.82, 2.24) is 10.2 Å². The molecule has 1 fully saturated rings. The normalized spacial score (nSPS) is 20.8. The molecule has 1 heterocycles. The van der Waals surface area contributed by atoms with Gasteiger partial charge in [-0.15, -0.1) is 0 Å². The molecule has 0 aliphatic carbocycles. The first-order valence-electron chi connectivity index (χ1n) is 8.36. The van der Waals surface area contributed by atoms with E-state index in [0.29, 0.717) is 5.92 Å². The van der Waals surface area contributed by atoms with Crippen molar-refractivity contribution in [1.29, 1.82) is 0 Å². The Kier molecular flexibility index (Phi) is 6.40. The number of benzene rings is 1. The Balaban J connectivity index is 1.77. The van der Waals surface area contributed by atoms with E-state index in [1.807, 2.05) is 13.8 Å². The number of nitrogens with zero attached hydrogens (tertiary/aromatic N) is 1. The average Bonchev–Trinajstić information content (AvgIpc) is 2.53. The average molecular weight is 303 g/mol. The molecule has 1 aliphatic rings. The molecule has 22 heavy (non-hydrogen) atoms. The Bertz CT molecular complexity index is 461. The van der Waals surface area contributed by atoms with Crippen LogP contribution in [0, 0.1) is 11.8 Å². The van der Waals surface area contributed by atoms with Crippen LogP contribution in [0.3, 0.4) is 0 Å². The summed E-state index contributed by atoms with van der Waals surface area (Å²) in [6.07, 6.45) is 2.38. The molecule has 4 nitrogen and oxygen atoms in total. The summed E-state index contributed by atoms with van der Waals surface area (Å²) in [6.45, 7) is 7.89. The van der Waals surface area contributed by atoms with Gasteiger partial charge >= 0.3 is 0 Å². The van der Waals surface area contributed by atoms with Crippen LogP contribution in [0.25, 0.3) is 0 Å². The van der Waals surface area contributed by atoms with Crippen LogP contribution in [-0.4, -0.2) is 36.5 Å². The van der Waals surface area contributed by atoms with E-state index in [4.69, 9.17) is 5.73 Å². The molecule has 2 rings (SSSR count). The Hall–Kier alpha value is -1.39. The molecule has 1 aromatic carbocycles. The predicted molar refractivity (Wildman–Crippen MR) is 90.3 cm³/mol. The molecule has 0 radical (unpaired) electrons. The van der Waals surface area contributed by atoms with Crippen LogP contribution in [0.5, 0.6) is 0 Å². The van der Waals surface area contributed by atoms with Gasteiger partial charge in [0.05, 0.1) is 6.04 Å². The maximum Gasteiger partial charge on any atom is 0.237 e. The zero-order chi connectivity index (χ0) is 15.9. The number of hydrogen-bond donors (Lipinski definition) is 2. The van der Waals surface area contributed by atoms with Gasteiger partial charge in [-0.3, -0.25) is 9.69 Å². The van der Waals surface area contributed by atoms with Gasteiger partial charge in [0.25, 0.3) is 0 Å². The third kappa shape index (κ3) is 5.11. The molecule has 0 spiro atoms. The van der Waals surface area contributed by atoms with Crippen molar-refractivity contribution in [2.45, 2.75) is 39.3 Å². The van der Waals surface area contributed by atoms with Crippen molar-refractivity contribution < 1.29 is 4.79 Å². The van der Waals surface area contributed by atoms with Crippen LogP contribution < -0.4 is 11.1 Å². The number of piperidine rings is 1. The molecule has 3 N–H and O–H groups in total. The number of amides is 1. The van der Waals surface area contributed by atoms with E-state index >= 15 is 0 Å². The zero-order valence-electron chi connectivity index (χ0n) is 13.8. The van der Waals surface area contributed by atoms with Gasteiger partial charge in [-0.25, -0.2) is 0 Å². The summed E-state index contributed by atoms with van der Waals surface area (Å²) >= 11 is 0. The fourth-order valence-electron chi connectivity index (χ4n) is 2.97. The fraction of sp³-hybridized carbons (Fsp3) is 0.611. The quantitative estimate of drug-likeness (QED) is 0.845. The first-order valence-corrected chi connectivity index (χ1v) is 8.36. The van der Waals surface area contributed by atoms with Crippen LogP contribution in [-0.2, 0) is 11.3 Å². The highest BCUT2D eigenvalue weighted by molar-refractivity contribution is 5.81. The Labute approximate surface area is 134 Å². The van der Waals surface area contributed by atoms with E-state index in [1.54, 1.807) is 0 Å². The van der Waals surface area contributed by atoms with Gasteiger partial charge in [0.15, 0.2) is 0 Å². The van der Waals surface area contributed by atoms with Gasteiger partial charge in [0.2, 0.25) is 5.91 Å². The van der Waals surface area contributed by atoms with Crippen molar-refractivity contribution in [2.75, 3.05) is 19.6 Å². The molecule has 0 saturated carbocycles. The number of nitrogens with one attached hydrogen (secondary N) is 1. The minimum atomic E-state index is -0.399. The molecule has 1 aliphatic heterocycles. The fourth-order valence-corrected chi connectivity index (χ4v) is 2.97. The summed E-state index contributed by atoms with van der Waals surface area (Å²) in [5, 5.41) is 3.03. The summed E-state index contributed by atoms with van der Waals surface area (Å²) in [7, 11) is 0. The Morgan fingerprint density at radius 2 is 2.09 bits per heavy atom. The number of hydrogen-bond acceptors (Lipinski definition) is 3. The van der Waals surface area contributed by atoms with Crippen molar-refractivity contribution in [2.24, 2.45) is 17.6 Å². The summed E-state index contributed by atoms with van der Waals surface area (Å²) in [5.74, 6) is 0.692. The molecule has 1 saturated heterocycles. The lowest BCUT2D eigenvalue weighted by Crippen LogP contribution is -2.47. The number of nitrogens with two attached hydrogens (primary N) is 1. The highest BCUT2D eigenvalue weighted by Gasteiger charge is 2.22. The smallest absolute Gasteiger partial charge is 0.237 e. The minimum Gasteiger partial charge on any atom is -0.354 e. The van der Waals surface area contributed by atoms with E-state index in [-0.39, 0.29) is 11.8 Å². The molecular formula is C18H29N3O. The van der Waals surface area contributed by atoms with E-state index in [2.05, 4.69) is 40.5 Å². The minimum absolute atomic E-state index is 0.0183. The summed E-state index contributed by atoms with van der Waals surface area (Å²) in [4.78, 5) is 14.4. The lowest BCUT2D eigenvalue weighted by molar-refractivity contribution is -0.123. The Morgan fingerprint density at radius 1 is 1.36 bits per heavy atom. The van der Waals surface area contributed by atoms with E-state index in [0.717, 1.165) is 26.2 Å². The molecule has 0 bridgehead atoms. The largest absolute Gasteiger partial charge is 0.354 e. The van der Waals surface area contributed by atoms with Crippen molar-refractivity contribution in [3.8, 4) is 0 Å². The summed E-state index contributed by atoms with van der Waals surface area (Å²) in [6, 6.07) is 10.2. The number of carbonyl (C=O) groups is 1.